The monoisotopic (exact) mass is 229 g/mol. The molecule has 1 rings (SSSR count). The van der Waals surface area contributed by atoms with E-state index in [-0.39, 0.29) is 13.1 Å². The lowest BCUT2D eigenvalue weighted by atomic mass is 10.0. The molecule has 0 aromatic rings. The highest BCUT2D eigenvalue weighted by molar-refractivity contribution is 5.89. The minimum Gasteiger partial charge on any atom is -0.481 e. The maximum atomic E-state index is 11.5. The van der Waals surface area contributed by atoms with Crippen LogP contribution >= 0.6 is 0 Å². The molecule has 7 nitrogen and oxygen atoms in total. The van der Waals surface area contributed by atoms with Gasteiger partial charge in [-0.2, -0.15) is 0 Å². The van der Waals surface area contributed by atoms with Crippen LogP contribution in [-0.4, -0.2) is 46.5 Å². The lowest BCUT2D eigenvalue weighted by Crippen LogP contribution is -2.62. The highest BCUT2D eigenvalue weighted by Gasteiger charge is 2.38. The second-order valence-electron chi connectivity index (χ2n) is 4.36. The smallest absolute Gasteiger partial charge is 0.318 e. The summed E-state index contributed by atoms with van der Waals surface area (Å²) in [6, 6.07) is -0.471. The number of carboxylic acid groups (broad SMARTS) is 1. The first-order chi connectivity index (χ1) is 7.24. The van der Waals surface area contributed by atoms with Crippen molar-refractivity contribution in [3.63, 3.8) is 0 Å². The molecule has 0 atom stereocenters. The Labute approximate surface area is 92.6 Å². The van der Waals surface area contributed by atoms with Crippen LogP contribution in [0.2, 0.25) is 0 Å². The first-order valence-electron chi connectivity index (χ1n) is 4.84. The predicted octanol–water partition coefficient (Wildman–Crippen LogP) is -1.02. The van der Waals surface area contributed by atoms with E-state index in [1.807, 2.05) is 0 Å². The van der Waals surface area contributed by atoms with Crippen LogP contribution in [-0.2, 0) is 9.59 Å². The van der Waals surface area contributed by atoms with E-state index in [9.17, 15) is 14.4 Å². The van der Waals surface area contributed by atoms with E-state index in [0.29, 0.717) is 0 Å². The van der Waals surface area contributed by atoms with Crippen molar-refractivity contribution in [2.24, 2.45) is 11.7 Å². The molecule has 0 radical (unpaired) electrons. The molecule has 0 saturated carbocycles. The summed E-state index contributed by atoms with van der Waals surface area (Å²) in [5.74, 6) is -2.07. The molecule has 0 bridgehead atoms. The van der Waals surface area contributed by atoms with Crippen LogP contribution in [0.4, 0.5) is 4.79 Å². The summed E-state index contributed by atoms with van der Waals surface area (Å²) < 4.78 is 0. The molecule has 4 N–H and O–H groups in total. The summed E-state index contributed by atoms with van der Waals surface area (Å²) in [6.45, 7) is 3.30. The fourth-order valence-electron chi connectivity index (χ4n) is 1.21. The molecule has 0 aliphatic carbocycles. The second kappa shape index (κ2) is 3.99. The summed E-state index contributed by atoms with van der Waals surface area (Å²) in [4.78, 5) is 34.3. The summed E-state index contributed by atoms with van der Waals surface area (Å²) in [5.41, 5.74) is 3.95. The minimum atomic E-state index is -1.13. The zero-order chi connectivity index (χ0) is 12.5. The third-order valence-electron chi connectivity index (χ3n) is 2.55. The number of hydrogen-bond donors (Lipinski definition) is 3. The lowest BCUT2D eigenvalue weighted by Gasteiger charge is -2.38. The van der Waals surface area contributed by atoms with Crippen molar-refractivity contribution in [1.29, 1.82) is 0 Å². The topological polar surface area (TPSA) is 113 Å². The highest BCUT2D eigenvalue weighted by Crippen LogP contribution is 2.16. The highest BCUT2D eigenvalue weighted by atomic mass is 16.4. The molecule has 90 valence electrons. The zero-order valence-corrected chi connectivity index (χ0v) is 9.19. The van der Waals surface area contributed by atoms with Crippen LogP contribution in [0.25, 0.3) is 0 Å². The number of likely N-dealkylation sites (tertiary alicyclic amines) is 1. The molecule has 0 spiro atoms. The van der Waals surface area contributed by atoms with E-state index in [1.54, 1.807) is 0 Å². The van der Waals surface area contributed by atoms with E-state index in [2.05, 4.69) is 5.32 Å². The van der Waals surface area contributed by atoms with Crippen molar-refractivity contribution in [1.82, 2.24) is 10.2 Å². The Hall–Kier alpha value is -1.79. The molecule has 1 aliphatic rings. The summed E-state index contributed by atoms with van der Waals surface area (Å²) in [6.07, 6.45) is 0. The lowest BCUT2D eigenvalue weighted by molar-refractivity contribution is -0.146. The summed E-state index contributed by atoms with van der Waals surface area (Å²) >= 11 is 0. The van der Waals surface area contributed by atoms with Crippen molar-refractivity contribution in [2.45, 2.75) is 19.4 Å². The maximum absolute atomic E-state index is 11.5. The SMILES string of the molecule is CC(C)(NC(=O)N1CC(C(=O)O)C1)C(N)=O. The van der Waals surface area contributed by atoms with Gasteiger partial charge in [0.05, 0.1) is 5.92 Å². The van der Waals surface area contributed by atoms with Crippen molar-refractivity contribution in [3.8, 4) is 0 Å². The molecule has 1 fully saturated rings. The average Bonchev–Trinajstić information content (AvgIpc) is 1.97. The van der Waals surface area contributed by atoms with Gasteiger partial charge in [-0.1, -0.05) is 0 Å². The number of carbonyl (C=O) groups excluding carboxylic acids is 2. The number of nitrogens with one attached hydrogen (secondary N) is 1. The molecular formula is C9H15N3O4. The third-order valence-corrected chi connectivity index (χ3v) is 2.55. The zero-order valence-electron chi connectivity index (χ0n) is 9.19. The molecule has 0 aromatic heterocycles. The summed E-state index contributed by atoms with van der Waals surface area (Å²) in [7, 11) is 0. The van der Waals surface area contributed by atoms with Crippen LogP contribution in [0.1, 0.15) is 13.8 Å². The molecule has 7 heteroatoms. The maximum Gasteiger partial charge on any atom is 0.318 e. The molecule has 1 heterocycles. The van der Waals surface area contributed by atoms with Crippen LogP contribution in [0.15, 0.2) is 0 Å². The number of hydrogen-bond acceptors (Lipinski definition) is 3. The molecule has 3 amide bonds. The predicted molar refractivity (Wildman–Crippen MR) is 54.5 cm³/mol. The molecule has 1 aliphatic heterocycles. The van der Waals surface area contributed by atoms with Crippen molar-refractivity contribution in [3.05, 3.63) is 0 Å². The molecule has 0 unspecified atom stereocenters. The van der Waals surface area contributed by atoms with Gasteiger partial charge < -0.3 is 21.1 Å². The van der Waals surface area contributed by atoms with Crippen LogP contribution in [0.3, 0.4) is 0 Å². The van der Waals surface area contributed by atoms with Gasteiger partial charge in [-0.25, -0.2) is 4.79 Å². The average molecular weight is 229 g/mol. The van der Waals surface area contributed by atoms with E-state index in [0.717, 1.165) is 0 Å². The fourth-order valence-corrected chi connectivity index (χ4v) is 1.21. The quantitative estimate of drug-likeness (QED) is 0.574. The Balaban J connectivity index is 2.45. The van der Waals surface area contributed by atoms with Gasteiger partial charge in [0.2, 0.25) is 5.91 Å². The number of nitrogens with two attached hydrogens (primary N) is 1. The van der Waals surface area contributed by atoms with Gasteiger partial charge in [-0.3, -0.25) is 9.59 Å². The van der Waals surface area contributed by atoms with Gasteiger partial charge in [0.1, 0.15) is 5.54 Å². The normalized spacial score (nSPS) is 16.5. The molecule has 16 heavy (non-hydrogen) atoms. The first kappa shape index (κ1) is 12.3. The Morgan fingerprint density at radius 1 is 1.38 bits per heavy atom. The second-order valence-corrected chi connectivity index (χ2v) is 4.36. The molecule has 1 saturated heterocycles. The number of primary amides is 1. The van der Waals surface area contributed by atoms with Crippen molar-refractivity contribution >= 4 is 17.9 Å². The van der Waals surface area contributed by atoms with Gasteiger partial charge in [0.25, 0.3) is 0 Å². The largest absolute Gasteiger partial charge is 0.481 e. The first-order valence-corrected chi connectivity index (χ1v) is 4.84. The van der Waals surface area contributed by atoms with E-state index >= 15 is 0 Å². The standard InChI is InChI=1S/C9H15N3O4/c1-9(2,7(10)15)11-8(16)12-3-5(4-12)6(13)14/h5H,3-4H2,1-2H3,(H2,10,15)(H,11,16)(H,13,14). The number of carbonyl (C=O) groups is 3. The number of amides is 3. The van der Waals surface area contributed by atoms with E-state index in [4.69, 9.17) is 10.8 Å². The van der Waals surface area contributed by atoms with Gasteiger partial charge in [0.15, 0.2) is 0 Å². The number of aliphatic carboxylic acids is 1. The van der Waals surface area contributed by atoms with Gasteiger partial charge in [-0.05, 0) is 13.8 Å². The fraction of sp³-hybridized carbons (Fsp3) is 0.667. The number of urea groups is 1. The van der Waals surface area contributed by atoms with Gasteiger partial charge in [0, 0.05) is 13.1 Å². The van der Waals surface area contributed by atoms with Crippen molar-refractivity contribution in [2.75, 3.05) is 13.1 Å². The number of rotatable bonds is 3. The Bertz CT molecular complexity index is 334. The van der Waals surface area contributed by atoms with Crippen LogP contribution in [0.5, 0.6) is 0 Å². The summed E-state index contributed by atoms with van der Waals surface area (Å²) in [5, 5.41) is 11.1. The Kier molecular flexibility index (Phi) is 3.06. The Morgan fingerprint density at radius 2 is 1.88 bits per heavy atom. The van der Waals surface area contributed by atoms with E-state index in [1.165, 1.54) is 18.7 Å². The minimum absolute atomic E-state index is 0.163. The van der Waals surface area contributed by atoms with Crippen LogP contribution < -0.4 is 11.1 Å². The number of carboxylic acids is 1. The van der Waals surface area contributed by atoms with Gasteiger partial charge in [-0.15, -0.1) is 0 Å². The molecule has 0 aromatic carbocycles. The van der Waals surface area contributed by atoms with E-state index < -0.39 is 29.4 Å². The number of nitrogens with zero attached hydrogens (tertiary/aromatic N) is 1. The Morgan fingerprint density at radius 3 is 2.25 bits per heavy atom. The van der Waals surface area contributed by atoms with Crippen molar-refractivity contribution < 1.29 is 19.5 Å². The molecular weight excluding hydrogens is 214 g/mol. The third kappa shape index (κ3) is 2.41. The van der Waals surface area contributed by atoms with Crippen LogP contribution in [0, 0.1) is 5.92 Å². The van der Waals surface area contributed by atoms with Gasteiger partial charge >= 0.3 is 12.0 Å².